The Labute approximate surface area is 314 Å². The summed E-state index contributed by atoms with van der Waals surface area (Å²) in [6.07, 6.45) is 12.7. The van der Waals surface area contributed by atoms with Crippen molar-refractivity contribution in [2.45, 2.75) is 110 Å². The molecule has 9 atom stereocenters. The van der Waals surface area contributed by atoms with Crippen molar-refractivity contribution in [2.75, 3.05) is 51.8 Å². The summed E-state index contributed by atoms with van der Waals surface area (Å²) >= 11 is 0. The van der Waals surface area contributed by atoms with Gasteiger partial charge in [-0.25, -0.2) is 13.2 Å². The first-order valence-corrected chi connectivity index (χ1v) is 22.0. The molecule has 5 aliphatic carbocycles. The molecule has 0 amide bonds. The number of benzene rings is 1. The molecule has 0 aromatic heterocycles. The minimum atomic E-state index is -2.89. The number of nitrogens with zero attached hydrogens (tertiary/aromatic N) is 2. The molecule has 3 N–H and O–H groups in total. The normalized spacial score (nSPS) is 42.6. The second-order valence-corrected chi connectivity index (χ2v) is 21.5. The van der Waals surface area contributed by atoms with E-state index in [-0.39, 0.29) is 50.2 Å². The fourth-order valence-corrected chi connectivity index (χ4v) is 15.4. The molecule has 52 heavy (non-hydrogen) atoms. The molecular weight excluding hydrogens is 669 g/mol. The number of esters is 1. The summed E-state index contributed by atoms with van der Waals surface area (Å²) in [5.41, 5.74) is 12.6. The van der Waals surface area contributed by atoms with E-state index in [1.807, 2.05) is 19.2 Å². The van der Waals surface area contributed by atoms with Crippen molar-refractivity contribution in [2.24, 2.45) is 56.1 Å². The number of carbonyl (C=O) groups is 1. The lowest BCUT2D eigenvalue weighted by molar-refractivity contribution is -0.227. The summed E-state index contributed by atoms with van der Waals surface area (Å²) < 4.78 is 29.1. The minimum Gasteiger partial charge on any atom is -0.465 e. The molecule has 288 valence electrons. The van der Waals surface area contributed by atoms with Crippen molar-refractivity contribution in [1.29, 1.82) is 0 Å². The average Bonchev–Trinajstić information content (AvgIpc) is 3.50. The first-order chi connectivity index (χ1) is 24.4. The first-order valence-electron chi connectivity index (χ1n) is 20.2. The molecular formula is C43H66N4O4S. The van der Waals surface area contributed by atoms with Crippen LogP contribution in [0.4, 0.5) is 0 Å². The Bertz CT molecular complexity index is 1720. The van der Waals surface area contributed by atoms with Crippen molar-refractivity contribution in [3.8, 4) is 0 Å². The van der Waals surface area contributed by atoms with Crippen LogP contribution in [0.1, 0.15) is 115 Å². The number of aliphatic imine (C=N–C) groups is 1. The maximum Gasteiger partial charge on any atom is 0.337 e. The van der Waals surface area contributed by atoms with Crippen LogP contribution in [-0.2, 0) is 14.6 Å². The maximum atomic E-state index is 12.2. The smallest absolute Gasteiger partial charge is 0.337 e. The number of sulfone groups is 1. The number of nitrogens with one attached hydrogen (secondary N) is 1. The van der Waals surface area contributed by atoms with Gasteiger partial charge in [0.2, 0.25) is 0 Å². The van der Waals surface area contributed by atoms with Gasteiger partial charge in [-0.15, -0.1) is 0 Å². The van der Waals surface area contributed by atoms with E-state index < -0.39 is 9.84 Å². The van der Waals surface area contributed by atoms with E-state index in [9.17, 15) is 13.2 Å². The fourth-order valence-electron chi connectivity index (χ4n) is 14.1. The third kappa shape index (κ3) is 5.55. The molecule has 9 heteroatoms. The molecule has 4 saturated carbocycles. The zero-order chi connectivity index (χ0) is 37.5. The number of allylic oxidation sites excluding steroid dienone is 2. The van der Waals surface area contributed by atoms with E-state index in [1.54, 1.807) is 0 Å². The van der Waals surface area contributed by atoms with Crippen LogP contribution in [0.2, 0.25) is 0 Å². The van der Waals surface area contributed by atoms with Crippen LogP contribution in [0.15, 0.2) is 35.3 Å². The molecule has 1 heterocycles. The van der Waals surface area contributed by atoms with Gasteiger partial charge in [-0.2, -0.15) is 0 Å². The van der Waals surface area contributed by atoms with Gasteiger partial charge in [-0.3, -0.25) is 4.99 Å². The van der Waals surface area contributed by atoms with Gasteiger partial charge in [0.25, 0.3) is 0 Å². The Kier molecular flexibility index (Phi) is 9.57. The van der Waals surface area contributed by atoms with Crippen molar-refractivity contribution in [3.63, 3.8) is 0 Å². The summed E-state index contributed by atoms with van der Waals surface area (Å²) in [6.45, 7) is 18.1. The Hall–Kier alpha value is -2.07. The SMILES string of the molecule is CN=C(C)[C@@H]1CCC2(NCCN3CCS(=O)(=O)CC3)CC[C@]3(C)C(N)(CC[C@@H]4[C@@]5(C)CC=C(c6ccc(C(=O)OC)cc6)C(C)(C)[C@@H]5CC[C@]43C)C12. The molecule has 7 rings (SSSR count). The monoisotopic (exact) mass is 734 g/mol. The van der Waals surface area contributed by atoms with Crippen molar-refractivity contribution < 1.29 is 17.9 Å². The van der Waals surface area contributed by atoms with Gasteiger partial charge in [0.05, 0.1) is 24.2 Å². The van der Waals surface area contributed by atoms with Crippen LogP contribution in [0.5, 0.6) is 0 Å². The molecule has 1 aromatic carbocycles. The number of nitrogens with two attached hydrogens (primary N) is 1. The summed E-state index contributed by atoms with van der Waals surface area (Å²) in [4.78, 5) is 19.3. The third-order valence-corrected chi connectivity index (χ3v) is 18.7. The van der Waals surface area contributed by atoms with Gasteiger partial charge in [0, 0.05) is 61.9 Å². The second kappa shape index (κ2) is 13.0. The van der Waals surface area contributed by atoms with Gasteiger partial charge in [0.15, 0.2) is 9.84 Å². The molecule has 3 unspecified atom stereocenters. The largest absolute Gasteiger partial charge is 0.465 e. The Morgan fingerprint density at radius 3 is 2.29 bits per heavy atom. The summed E-state index contributed by atoms with van der Waals surface area (Å²) in [5.74, 6) is 2.08. The molecule has 8 nitrogen and oxygen atoms in total. The molecule has 1 saturated heterocycles. The lowest BCUT2D eigenvalue weighted by atomic mass is 9.31. The van der Waals surface area contributed by atoms with Gasteiger partial charge >= 0.3 is 5.97 Å². The highest BCUT2D eigenvalue weighted by atomic mass is 32.2. The molecule has 1 aromatic rings. The van der Waals surface area contributed by atoms with Crippen LogP contribution >= 0.6 is 0 Å². The predicted molar refractivity (Wildman–Crippen MR) is 211 cm³/mol. The summed E-state index contributed by atoms with van der Waals surface area (Å²) in [7, 11) is 0.504. The van der Waals surface area contributed by atoms with Crippen molar-refractivity contribution in [3.05, 3.63) is 41.5 Å². The van der Waals surface area contributed by atoms with Crippen molar-refractivity contribution >= 4 is 27.1 Å². The molecule has 1 aliphatic heterocycles. The number of ether oxygens (including phenoxy) is 1. The third-order valence-electron chi connectivity index (χ3n) is 17.1. The standard InChI is InChI=1S/C43H66N4O4S/c1-29(45-7)32-13-19-42(46-23-24-47-25-27-52(49,50)28-26-47)22-21-41(6)40(5)18-15-34-38(2,3)33(30-9-11-31(12-10-30)37(48)51-8)14-17-39(34,4)35(40)16-20-43(41,44)36(32)42/h9-12,14,32,34-36,46H,13,15-28,44H2,1-8H3/t32-,34-,35+,36?,39-,40+,41-,42?,43?/m0/s1. The Balaban J connectivity index is 1.18. The number of carbonyl (C=O) groups excluding carboxylic acids is 1. The van der Waals surface area contributed by atoms with E-state index in [0.29, 0.717) is 42.3 Å². The lowest BCUT2D eigenvalue weighted by Gasteiger charge is -2.75. The highest BCUT2D eigenvalue weighted by molar-refractivity contribution is 7.91. The molecule has 0 bridgehead atoms. The topological polar surface area (TPSA) is 114 Å². The molecule has 0 spiro atoms. The summed E-state index contributed by atoms with van der Waals surface area (Å²) in [5, 5.41) is 4.17. The van der Waals surface area contributed by atoms with E-state index in [0.717, 1.165) is 58.0 Å². The minimum absolute atomic E-state index is 0.00526. The van der Waals surface area contributed by atoms with Gasteiger partial charge in [-0.05, 0) is 121 Å². The van der Waals surface area contributed by atoms with Gasteiger partial charge < -0.3 is 20.7 Å². The van der Waals surface area contributed by atoms with E-state index in [1.165, 1.54) is 36.8 Å². The van der Waals surface area contributed by atoms with Gasteiger partial charge in [0.1, 0.15) is 0 Å². The number of methoxy groups -OCH3 is 1. The zero-order valence-electron chi connectivity index (χ0n) is 33.3. The quantitative estimate of drug-likeness (QED) is 0.234. The highest BCUT2D eigenvalue weighted by Gasteiger charge is 2.75. The van der Waals surface area contributed by atoms with E-state index in [2.05, 4.69) is 70.0 Å². The number of rotatable bonds is 7. The van der Waals surface area contributed by atoms with Crippen LogP contribution in [0.3, 0.4) is 0 Å². The van der Waals surface area contributed by atoms with Crippen LogP contribution in [0.25, 0.3) is 5.57 Å². The number of hydrogen-bond acceptors (Lipinski definition) is 8. The summed E-state index contributed by atoms with van der Waals surface area (Å²) in [6, 6.07) is 8.04. The Morgan fingerprint density at radius 1 is 0.962 bits per heavy atom. The van der Waals surface area contributed by atoms with E-state index >= 15 is 0 Å². The van der Waals surface area contributed by atoms with Crippen LogP contribution in [0, 0.1) is 45.3 Å². The van der Waals surface area contributed by atoms with Crippen LogP contribution in [-0.4, -0.2) is 87.9 Å². The molecule has 6 aliphatic rings. The maximum absolute atomic E-state index is 12.2. The lowest BCUT2D eigenvalue weighted by Crippen LogP contribution is -2.78. The fraction of sp³-hybridized carbons (Fsp3) is 0.767. The number of fused-ring (bicyclic) bond motifs is 7. The van der Waals surface area contributed by atoms with Gasteiger partial charge in [-0.1, -0.05) is 52.8 Å². The average molecular weight is 735 g/mol. The Morgan fingerprint density at radius 2 is 1.63 bits per heavy atom. The second-order valence-electron chi connectivity index (χ2n) is 19.2. The van der Waals surface area contributed by atoms with Crippen molar-refractivity contribution in [1.82, 2.24) is 10.2 Å². The van der Waals surface area contributed by atoms with Crippen LogP contribution < -0.4 is 11.1 Å². The molecule has 5 fully saturated rings. The first kappa shape index (κ1) is 38.2. The zero-order valence-corrected chi connectivity index (χ0v) is 34.1. The number of hydrogen-bond donors (Lipinski definition) is 2. The highest BCUT2D eigenvalue weighted by Crippen LogP contribution is 2.77. The van der Waals surface area contributed by atoms with E-state index in [4.69, 9.17) is 15.5 Å². The molecule has 0 radical (unpaired) electrons. The predicted octanol–water partition coefficient (Wildman–Crippen LogP) is 6.79.